The number of carbonyl (C=O) groups is 1. The predicted molar refractivity (Wildman–Crippen MR) is 80.0 cm³/mol. The number of anilines is 1. The summed E-state index contributed by atoms with van der Waals surface area (Å²) in [6, 6.07) is 9.32. The van der Waals surface area contributed by atoms with Gasteiger partial charge in [0.05, 0.1) is 16.1 Å². The number of carboxylic acids is 1. The van der Waals surface area contributed by atoms with Gasteiger partial charge in [0.25, 0.3) is 10.0 Å². The van der Waals surface area contributed by atoms with Crippen molar-refractivity contribution in [1.29, 1.82) is 0 Å². The van der Waals surface area contributed by atoms with Crippen molar-refractivity contribution in [3.8, 4) is 5.75 Å². The molecule has 0 spiro atoms. The van der Waals surface area contributed by atoms with Crippen LogP contribution in [0.2, 0.25) is 0 Å². The fourth-order valence-electron chi connectivity index (χ4n) is 1.59. The zero-order chi connectivity index (χ0) is 15.6. The van der Waals surface area contributed by atoms with Crippen LogP contribution in [-0.4, -0.2) is 24.6 Å². The van der Waals surface area contributed by atoms with Gasteiger partial charge in [-0.2, -0.15) is 0 Å². The minimum Gasteiger partial charge on any atom is -0.506 e. The smallest absolute Gasteiger partial charge is 0.335 e. The van der Waals surface area contributed by atoms with E-state index in [-0.39, 0.29) is 21.9 Å². The number of halogens is 1. The Labute approximate surface area is 129 Å². The highest BCUT2D eigenvalue weighted by Gasteiger charge is 2.17. The van der Waals surface area contributed by atoms with Gasteiger partial charge in [-0.3, -0.25) is 4.72 Å². The largest absolute Gasteiger partial charge is 0.506 e. The summed E-state index contributed by atoms with van der Waals surface area (Å²) in [6.45, 7) is 0. The third-order valence-corrected chi connectivity index (χ3v) is 4.45. The average Bonchev–Trinajstić information content (AvgIpc) is 2.41. The summed E-state index contributed by atoms with van der Waals surface area (Å²) < 4.78 is 27.1. The number of sulfonamides is 1. The molecule has 2 rings (SSSR count). The van der Waals surface area contributed by atoms with Gasteiger partial charge >= 0.3 is 5.97 Å². The number of phenolic OH excluding ortho intramolecular Hbond substituents is 1. The first-order chi connectivity index (χ1) is 9.79. The highest BCUT2D eigenvalue weighted by Crippen LogP contribution is 2.27. The summed E-state index contributed by atoms with van der Waals surface area (Å²) in [6.07, 6.45) is 0. The molecule has 110 valence electrons. The number of aromatic hydroxyl groups is 1. The normalized spacial score (nSPS) is 11.1. The third-order valence-electron chi connectivity index (χ3n) is 2.59. The number of hydrogen-bond donors (Lipinski definition) is 3. The zero-order valence-corrected chi connectivity index (χ0v) is 12.8. The van der Waals surface area contributed by atoms with Crippen molar-refractivity contribution in [1.82, 2.24) is 0 Å². The van der Waals surface area contributed by atoms with Crippen LogP contribution in [-0.2, 0) is 10.0 Å². The van der Waals surface area contributed by atoms with Gasteiger partial charge in [0.15, 0.2) is 0 Å². The molecule has 0 atom stereocenters. The lowest BCUT2D eigenvalue weighted by Gasteiger charge is -2.10. The maximum Gasteiger partial charge on any atom is 0.335 e. The first-order valence-corrected chi connectivity index (χ1v) is 7.92. The molecule has 0 fully saturated rings. The van der Waals surface area contributed by atoms with E-state index in [4.69, 9.17) is 5.11 Å². The van der Waals surface area contributed by atoms with E-state index in [0.717, 1.165) is 12.1 Å². The van der Waals surface area contributed by atoms with E-state index in [1.165, 1.54) is 18.2 Å². The Hall–Kier alpha value is -2.06. The fourth-order valence-corrected chi connectivity index (χ4v) is 3.25. The summed E-state index contributed by atoms with van der Waals surface area (Å²) in [5.41, 5.74) is -0.338. The van der Waals surface area contributed by atoms with Crippen LogP contribution in [0.25, 0.3) is 0 Å². The molecule has 21 heavy (non-hydrogen) atoms. The molecule has 3 N–H and O–H groups in total. The molecule has 0 aliphatic rings. The molecule has 0 aliphatic carbocycles. The van der Waals surface area contributed by atoms with Gasteiger partial charge in [-0.25, -0.2) is 13.2 Å². The monoisotopic (exact) mass is 371 g/mol. The minimum atomic E-state index is -3.93. The van der Waals surface area contributed by atoms with Gasteiger partial charge in [0.1, 0.15) is 5.75 Å². The molecule has 0 aliphatic heterocycles. The van der Waals surface area contributed by atoms with Gasteiger partial charge in [-0.1, -0.05) is 22.0 Å². The molecule has 0 radical (unpaired) electrons. The fraction of sp³-hybridized carbons (Fsp3) is 0. The molecular formula is C13H10BrNO5S. The van der Waals surface area contributed by atoms with Gasteiger partial charge in [0, 0.05) is 4.47 Å². The van der Waals surface area contributed by atoms with Crippen LogP contribution in [0, 0.1) is 0 Å². The summed E-state index contributed by atoms with van der Waals surface area (Å²) in [4.78, 5) is 10.9. The maximum atomic E-state index is 12.2. The second kappa shape index (κ2) is 5.74. The average molecular weight is 372 g/mol. The van der Waals surface area contributed by atoms with Crippen molar-refractivity contribution >= 4 is 37.6 Å². The lowest BCUT2D eigenvalue weighted by atomic mass is 10.2. The molecule has 0 saturated heterocycles. The van der Waals surface area contributed by atoms with E-state index >= 15 is 0 Å². The SMILES string of the molecule is O=C(O)c1ccc(O)c(NS(=O)(=O)c2cccc(Br)c2)c1. The van der Waals surface area contributed by atoms with E-state index in [1.807, 2.05) is 0 Å². The summed E-state index contributed by atoms with van der Waals surface area (Å²) in [5, 5.41) is 18.5. The van der Waals surface area contributed by atoms with Crippen molar-refractivity contribution in [2.24, 2.45) is 0 Å². The van der Waals surface area contributed by atoms with Crippen LogP contribution in [0.3, 0.4) is 0 Å². The van der Waals surface area contributed by atoms with Crippen molar-refractivity contribution in [2.75, 3.05) is 4.72 Å². The number of nitrogens with one attached hydrogen (secondary N) is 1. The van der Waals surface area contributed by atoms with Crippen LogP contribution in [0.5, 0.6) is 5.75 Å². The Morgan fingerprint density at radius 3 is 2.48 bits per heavy atom. The number of aromatic carboxylic acids is 1. The maximum absolute atomic E-state index is 12.2. The van der Waals surface area contributed by atoms with E-state index in [1.54, 1.807) is 12.1 Å². The minimum absolute atomic E-state index is 0.0167. The lowest BCUT2D eigenvalue weighted by Crippen LogP contribution is -2.13. The number of hydrogen-bond acceptors (Lipinski definition) is 4. The Balaban J connectivity index is 2.41. The van der Waals surface area contributed by atoms with Crippen LogP contribution < -0.4 is 4.72 Å². The van der Waals surface area contributed by atoms with Crippen LogP contribution in [0.4, 0.5) is 5.69 Å². The predicted octanol–water partition coefficient (Wildman–Crippen LogP) is 2.65. The highest BCUT2D eigenvalue weighted by molar-refractivity contribution is 9.10. The number of benzene rings is 2. The summed E-state index contributed by atoms with van der Waals surface area (Å²) in [5.74, 6) is -1.59. The Morgan fingerprint density at radius 1 is 1.14 bits per heavy atom. The Bertz CT molecular complexity index is 804. The second-order valence-electron chi connectivity index (χ2n) is 4.10. The van der Waals surface area contributed by atoms with Gasteiger partial charge in [-0.05, 0) is 36.4 Å². The molecule has 0 heterocycles. The van der Waals surface area contributed by atoms with Crippen molar-refractivity contribution < 1.29 is 23.4 Å². The lowest BCUT2D eigenvalue weighted by molar-refractivity contribution is 0.0697. The van der Waals surface area contributed by atoms with Crippen LogP contribution in [0.1, 0.15) is 10.4 Å². The summed E-state index contributed by atoms with van der Waals surface area (Å²) >= 11 is 3.17. The van der Waals surface area contributed by atoms with Gasteiger partial charge in [-0.15, -0.1) is 0 Å². The van der Waals surface area contributed by atoms with Crippen molar-refractivity contribution in [2.45, 2.75) is 4.90 Å². The molecule has 2 aromatic rings. The molecule has 0 aromatic heterocycles. The number of rotatable bonds is 4. The molecule has 2 aromatic carbocycles. The van der Waals surface area contributed by atoms with E-state index in [9.17, 15) is 18.3 Å². The van der Waals surface area contributed by atoms with Gasteiger partial charge in [0.2, 0.25) is 0 Å². The Morgan fingerprint density at radius 2 is 1.86 bits per heavy atom. The zero-order valence-electron chi connectivity index (χ0n) is 10.4. The van der Waals surface area contributed by atoms with E-state index < -0.39 is 16.0 Å². The third kappa shape index (κ3) is 3.53. The standard InChI is InChI=1S/C13H10BrNO5S/c14-9-2-1-3-10(7-9)21(19,20)15-11-6-8(13(17)18)4-5-12(11)16/h1-7,15-16H,(H,17,18). The molecule has 6 nitrogen and oxygen atoms in total. The molecule has 0 amide bonds. The van der Waals surface area contributed by atoms with E-state index in [0.29, 0.717) is 4.47 Å². The molecule has 8 heteroatoms. The van der Waals surface area contributed by atoms with E-state index in [2.05, 4.69) is 20.7 Å². The molecule has 0 unspecified atom stereocenters. The highest BCUT2D eigenvalue weighted by atomic mass is 79.9. The van der Waals surface area contributed by atoms with Crippen molar-refractivity contribution in [3.05, 3.63) is 52.5 Å². The molecule has 0 saturated carbocycles. The topological polar surface area (TPSA) is 104 Å². The first kappa shape index (κ1) is 15.3. The first-order valence-electron chi connectivity index (χ1n) is 5.64. The second-order valence-corrected chi connectivity index (χ2v) is 6.70. The van der Waals surface area contributed by atoms with Crippen LogP contribution >= 0.6 is 15.9 Å². The number of phenols is 1. The summed E-state index contributed by atoms with van der Waals surface area (Å²) in [7, 11) is -3.93. The van der Waals surface area contributed by atoms with Crippen molar-refractivity contribution in [3.63, 3.8) is 0 Å². The quantitative estimate of drug-likeness (QED) is 0.716. The van der Waals surface area contributed by atoms with Crippen LogP contribution in [0.15, 0.2) is 51.8 Å². The number of carboxylic acid groups (broad SMARTS) is 1. The van der Waals surface area contributed by atoms with Gasteiger partial charge < -0.3 is 10.2 Å². The molecule has 0 bridgehead atoms. The molecular weight excluding hydrogens is 362 g/mol. The Kier molecular flexibility index (Phi) is 4.19.